The van der Waals surface area contributed by atoms with E-state index in [0.717, 1.165) is 29.6 Å². The molecule has 3 heterocycles. The summed E-state index contributed by atoms with van der Waals surface area (Å²) in [6.07, 6.45) is 4.26. The van der Waals surface area contributed by atoms with Crippen LogP contribution in [0.1, 0.15) is 37.1 Å². The number of thiophene rings is 1. The van der Waals surface area contributed by atoms with Crippen molar-refractivity contribution >= 4 is 47.0 Å². The molecule has 1 fully saturated rings. The molecule has 0 amide bonds. The normalized spacial score (nSPS) is 15.0. The van der Waals surface area contributed by atoms with Gasteiger partial charge in [0.2, 0.25) is 5.89 Å². The van der Waals surface area contributed by atoms with Crippen LogP contribution in [0.4, 0.5) is 5.69 Å². The number of hydrogen-bond acceptors (Lipinski definition) is 5. The monoisotopic (exact) mass is 537 g/mol. The molecule has 0 spiro atoms. The molecule has 1 aliphatic heterocycles. The highest BCUT2D eigenvalue weighted by Gasteiger charge is 2.15. The Morgan fingerprint density at radius 3 is 2.83 bits per heavy atom. The van der Waals surface area contributed by atoms with Crippen molar-refractivity contribution in [3.05, 3.63) is 59.3 Å². The van der Waals surface area contributed by atoms with Gasteiger partial charge >= 0.3 is 0 Å². The molecule has 160 valence electrons. The van der Waals surface area contributed by atoms with E-state index >= 15 is 0 Å². The Bertz CT molecular complexity index is 950. The summed E-state index contributed by atoms with van der Waals surface area (Å²) in [6, 6.07) is 12.9. The van der Waals surface area contributed by atoms with Gasteiger partial charge in [0.25, 0.3) is 0 Å². The third-order valence-electron chi connectivity index (χ3n) is 5.14. The fourth-order valence-corrected chi connectivity index (χ4v) is 4.18. The zero-order valence-electron chi connectivity index (χ0n) is 17.3. The van der Waals surface area contributed by atoms with Gasteiger partial charge in [0.15, 0.2) is 5.96 Å². The van der Waals surface area contributed by atoms with E-state index in [0.29, 0.717) is 12.4 Å². The van der Waals surface area contributed by atoms with Crippen LogP contribution in [0.15, 0.2) is 57.5 Å². The van der Waals surface area contributed by atoms with Gasteiger partial charge < -0.3 is 20.0 Å². The lowest BCUT2D eigenvalue weighted by Gasteiger charge is -2.22. The summed E-state index contributed by atoms with van der Waals surface area (Å²) in [5.41, 5.74) is 3.40. The third-order valence-corrected chi connectivity index (χ3v) is 6.00. The molecule has 2 aromatic heterocycles. The van der Waals surface area contributed by atoms with Gasteiger partial charge in [-0.05, 0) is 48.9 Å². The van der Waals surface area contributed by atoms with Crippen LogP contribution in [-0.2, 0) is 6.54 Å². The van der Waals surface area contributed by atoms with E-state index in [1.54, 1.807) is 24.6 Å². The molecule has 3 aromatic rings. The molecule has 8 heteroatoms. The number of nitrogens with zero attached hydrogens (tertiary/aromatic N) is 3. The number of hydrogen-bond donors (Lipinski definition) is 2. The van der Waals surface area contributed by atoms with Crippen molar-refractivity contribution in [2.24, 2.45) is 4.99 Å². The lowest BCUT2D eigenvalue weighted by atomic mass is 10.1. The summed E-state index contributed by atoms with van der Waals surface area (Å²) < 4.78 is 5.58. The van der Waals surface area contributed by atoms with Gasteiger partial charge in [-0.25, -0.2) is 4.98 Å². The maximum absolute atomic E-state index is 5.58. The molecule has 2 N–H and O–H groups in total. The second kappa shape index (κ2) is 10.8. The molecule has 1 saturated heterocycles. The number of halogens is 1. The SMILES string of the molecule is CN=C(NCc1coc(-c2cccs2)n1)NC(C)c1cccc(N2CCCC2)c1.I. The lowest BCUT2D eigenvalue weighted by molar-refractivity contribution is 0.573. The van der Waals surface area contributed by atoms with E-state index in [2.05, 4.69) is 56.7 Å². The van der Waals surface area contributed by atoms with E-state index in [1.165, 1.54) is 24.1 Å². The molecule has 4 rings (SSSR count). The second-order valence-electron chi connectivity index (χ2n) is 7.20. The third kappa shape index (κ3) is 5.54. The van der Waals surface area contributed by atoms with Gasteiger partial charge in [0.05, 0.1) is 23.2 Å². The van der Waals surface area contributed by atoms with Crippen LogP contribution in [-0.4, -0.2) is 31.1 Å². The van der Waals surface area contributed by atoms with Crippen molar-refractivity contribution < 1.29 is 4.42 Å². The number of rotatable bonds is 6. The molecular formula is C22H28IN5OS. The zero-order chi connectivity index (χ0) is 20.1. The van der Waals surface area contributed by atoms with Gasteiger partial charge in [-0.15, -0.1) is 35.3 Å². The smallest absolute Gasteiger partial charge is 0.236 e. The standard InChI is InChI=1S/C22H27N5OS.HI/c1-16(17-7-5-8-19(13-17)27-10-3-4-11-27)25-22(23-2)24-14-18-15-28-21(26-18)20-9-6-12-29-20;/h5-9,12-13,15-16H,3-4,10-11,14H2,1-2H3,(H2,23,24,25);1H. The highest BCUT2D eigenvalue weighted by atomic mass is 127. The minimum atomic E-state index is 0. The quantitative estimate of drug-likeness (QED) is 0.262. The van der Waals surface area contributed by atoms with Gasteiger partial charge in [0, 0.05) is 25.8 Å². The molecular weight excluding hydrogens is 509 g/mol. The Morgan fingerprint density at radius 1 is 1.27 bits per heavy atom. The molecule has 0 saturated carbocycles. The van der Waals surface area contributed by atoms with Crippen molar-refractivity contribution in [2.45, 2.75) is 32.4 Å². The Labute approximate surface area is 198 Å². The Morgan fingerprint density at radius 2 is 2.10 bits per heavy atom. The average molecular weight is 537 g/mol. The fraction of sp³-hybridized carbons (Fsp3) is 0.364. The molecule has 6 nitrogen and oxygen atoms in total. The van der Waals surface area contributed by atoms with Crippen LogP contribution in [0.25, 0.3) is 10.8 Å². The van der Waals surface area contributed by atoms with E-state index in [-0.39, 0.29) is 30.0 Å². The Kier molecular flexibility index (Phi) is 8.15. The summed E-state index contributed by atoms with van der Waals surface area (Å²) in [5.74, 6) is 1.40. The van der Waals surface area contributed by atoms with Crippen molar-refractivity contribution in [2.75, 3.05) is 25.0 Å². The number of aliphatic imine (C=N–C) groups is 1. The molecule has 30 heavy (non-hydrogen) atoms. The molecule has 1 unspecified atom stereocenters. The van der Waals surface area contributed by atoms with Crippen molar-refractivity contribution in [1.82, 2.24) is 15.6 Å². The number of anilines is 1. The largest absolute Gasteiger partial charge is 0.443 e. The van der Waals surface area contributed by atoms with Crippen LogP contribution >= 0.6 is 35.3 Å². The fourth-order valence-electron chi connectivity index (χ4n) is 3.53. The summed E-state index contributed by atoms with van der Waals surface area (Å²) in [4.78, 5) is 12.4. The topological polar surface area (TPSA) is 65.7 Å². The van der Waals surface area contributed by atoms with Crippen LogP contribution < -0.4 is 15.5 Å². The summed E-state index contributed by atoms with van der Waals surface area (Å²) in [7, 11) is 1.78. The van der Waals surface area contributed by atoms with E-state index in [4.69, 9.17) is 4.42 Å². The van der Waals surface area contributed by atoms with E-state index in [1.807, 2.05) is 17.5 Å². The van der Waals surface area contributed by atoms with E-state index < -0.39 is 0 Å². The maximum atomic E-state index is 5.58. The number of aromatic nitrogens is 1. The predicted octanol–water partition coefficient (Wildman–Crippen LogP) is 5.05. The minimum Gasteiger partial charge on any atom is -0.443 e. The first-order chi connectivity index (χ1) is 14.2. The van der Waals surface area contributed by atoms with Gasteiger partial charge in [-0.2, -0.15) is 0 Å². The molecule has 0 aliphatic carbocycles. The van der Waals surface area contributed by atoms with Crippen molar-refractivity contribution in [1.29, 1.82) is 0 Å². The van der Waals surface area contributed by atoms with Crippen LogP contribution in [0.3, 0.4) is 0 Å². The first-order valence-electron chi connectivity index (χ1n) is 10.0. The first-order valence-corrected chi connectivity index (χ1v) is 10.9. The molecule has 0 bridgehead atoms. The van der Waals surface area contributed by atoms with Crippen LogP contribution in [0.2, 0.25) is 0 Å². The highest BCUT2D eigenvalue weighted by molar-refractivity contribution is 14.0. The van der Waals surface area contributed by atoms with Crippen molar-refractivity contribution in [3.8, 4) is 10.8 Å². The van der Waals surface area contributed by atoms with Gasteiger partial charge in [-0.1, -0.05) is 18.2 Å². The van der Waals surface area contributed by atoms with Gasteiger partial charge in [0.1, 0.15) is 6.26 Å². The van der Waals surface area contributed by atoms with E-state index in [9.17, 15) is 0 Å². The molecule has 1 atom stereocenters. The second-order valence-corrected chi connectivity index (χ2v) is 8.15. The molecule has 0 radical (unpaired) electrons. The van der Waals surface area contributed by atoms with Crippen LogP contribution in [0, 0.1) is 0 Å². The summed E-state index contributed by atoms with van der Waals surface area (Å²) >= 11 is 1.62. The maximum Gasteiger partial charge on any atom is 0.236 e. The Hall–Kier alpha value is -2.07. The number of oxazole rings is 1. The number of benzene rings is 1. The zero-order valence-corrected chi connectivity index (χ0v) is 20.4. The number of nitrogens with one attached hydrogen (secondary N) is 2. The Balaban J connectivity index is 0.00000256. The van der Waals surface area contributed by atoms with Crippen LogP contribution in [0.5, 0.6) is 0 Å². The molecule has 1 aromatic carbocycles. The predicted molar refractivity (Wildman–Crippen MR) is 135 cm³/mol. The van der Waals surface area contributed by atoms with Gasteiger partial charge in [-0.3, -0.25) is 4.99 Å². The average Bonchev–Trinajstić information content (AvgIpc) is 3.52. The summed E-state index contributed by atoms with van der Waals surface area (Å²) in [5, 5.41) is 8.81. The lowest BCUT2D eigenvalue weighted by Crippen LogP contribution is -2.38. The summed E-state index contributed by atoms with van der Waals surface area (Å²) in [6.45, 7) is 5.01. The first kappa shape index (κ1) is 22.6. The number of guanidine groups is 1. The minimum absolute atomic E-state index is 0. The van der Waals surface area contributed by atoms with Crippen molar-refractivity contribution in [3.63, 3.8) is 0 Å². The molecule has 1 aliphatic rings. The highest BCUT2D eigenvalue weighted by Crippen LogP contribution is 2.25.